The minimum absolute atomic E-state index is 0.928. The fourth-order valence-corrected chi connectivity index (χ4v) is 2.76. The zero-order valence-electron chi connectivity index (χ0n) is 10.0. The van der Waals surface area contributed by atoms with Gasteiger partial charge in [0, 0.05) is 11.1 Å². The third kappa shape index (κ3) is 2.04. The minimum atomic E-state index is 0.928. The molecular formula is C16H12OS. The highest BCUT2D eigenvalue weighted by Crippen LogP contribution is 2.35. The Morgan fingerprint density at radius 2 is 2.06 bits per heavy atom. The van der Waals surface area contributed by atoms with Crippen LogP contribution >= 0.6 is 11.3 Å². The van der Waals surface area contributed by atoms with Gasteiger partial charge in [0.15, 0.2) is 0 Å². The second-order valence-electron chi connectivity index (χ2n) is 4.04. The summed E-state index contributed by atoms with van der Waals surface area (Å²) in [4.78, 5) is 1.16. The molecule has 0 atom stereocenters. The van der Waals surface area contributed by atoms with Crippen molar-refractivity contribution in [3.05, 3.63) is 71.0 Å². The molecule has 0 amide bonds. The van der Waals surface area contributed by atoms with E-state index in [0.29, 0.717) is 0 Å². The van der Waals surface area contributed by atoms with Gasteiger partial charge in [0.1, 0.15) is 11.5 Å². The molecule has 1 nitrogen and oxygen atoms in total. The largest absolute Gasteiger partial charge is 0.461 e. The first-order valence-electron chi connectivity index (χ1n) is 5.79. The Kier molecular flexibility index (Phi) is 2.89. The van der Waals surface area contributed by atoms with Crippen molar-refractivity contribution in [2.45, 2.75) is 6.92 Å². The van der Waals surface area contributed by atoms with E-state index in [9.17, 15) is 0 Å². The molecule has 2 heteroatoms. The third-order valence-corrected chi connectivity index (χ3v) is 3.67. The zero-order valence-corrected chi connectivity index (χ0v) is 10.8. The van der Waals surface area contributed by atoms with Gasteiger partial charge < -0.3 is 4.42 Å². The van der Waals surface area contributed by atoms with Crippen molar-refractivity contribution in [1.82, 2.24) is 0 Å². The van der Waals surface area contributed by atoms with Crippen molar-refractivity contribution >= 4 is 16.9 Å². The Balaban J connectivity index is 2.10. The van der Waals surface area contributed by atoms with Gasteiger partial charge in [-0.1, -0.05) is 18.2 Å². The molecule has 2 aromatic rings. The van der Waals surface area contributed by atoms with Crippen molar-refractivity contribution in [3.63, 3.8) is 0 Å². The van der Waals surface area contributed by atoms with Crippen molar-refractivity contribution in [2.24, 2.45) is 0 Å². The maximum Gasteiger partial charge on any atom is 0.144 e. The molecule has 0 aliphatic heterocycles. The highest BCUT2D eigenvalue weighted by atomic mass is 32.1. The average Bonchev–Trinajstić information content (AvgIpc) is 2.92. The van der Waals surface area contributed by atoms with E-state index in [4.69, 9.17) is 4.42 Å². The Morgan fingerprint density at radius 1 is 1.11 bits per heavy atom. The number of thiophene rings is 1. The van der Waals surface area contributed by atoms with Gasteiger partial charge in [0.05, 0.1) is 4.88 Å². The third-order valence-electron chi connectivity index (χ3n) is 2.74. The molecule has 0 radical (unpaired) electrons. The van der Waals surface area contributed by atoms with Crippen molar-refractivity contribution < 1.29 is 4.42 Å². The Labute approximate surface area is 110 Å². The summed E-state index contributed by atoms with van der Waals surface area (Å²) in [6.45, 7) is 1.96. The molecule has 3 rings (SSSR count). The molecule has 0 unspecified atom stereocenters. The molecule has 0 fully saturated rings. The van der Waals surface area contributed by atoms with E-state index in [1.807, 2.05) is 43.4 Å². The minimum Gasteiger partial charge on any atom is -0.461 e. The van der Waals surface area contributed by atoms with E-state index in [-0.39, 0.29) is 0 Å². The predicted molar refractivity (Wildman–Crippen MR) is 76.5 cm³/mol. The van der Waals surface area contributed by atoms with E-state index in [1.165, 1.54) is 5.56 Å². The lowest BCUT2D eigenvalue weighted by atomic mass is 10.1. The van der Waals surface area contributed by atoms with E-state index in [2.05, 4.69) is 23.3 Å². The summed E-state index contributed by atoms with van der Waals surface area (Å²) in [7, 11) is 0. The van der Waals surface area contributed by atoms with E-state index in [0.717, 1.165) is 22.0 Å². The van der Waals surface area contributed by atoms with Crippen molar-refractivity contribution in [1.29, 1.82) is 0 Å². The van der Waals surface area contributed by atoms with E-state index < -0.39 is 0 Å². The number of hydrogen-bond acceptors (Lipinski definition) is 2. The lowest BCUT2D eigenvalue weighted by molar-refractivity contribution is 0.549. The summed E-state index contributed by atoms with van der Waals surface area (Å²) in [6, 6.07) is 6.13. The van der Waals surface area contributed by atoms with Crippen LogP contribution in [0, 0.1) is 6.92 Å². The van der Waals surface area contributed by atoms with Gasteiger partial charge >= 0.3 is 0 Å². The smallest absolute Gasteiger partial charge is 0.144 e. The number of hydrogen-bond donors (Lipinski definition) is 0. The fraction of sp³-hybridized carbons (Fsp3) is 0.0625. The quantitative estimate of drug-likeness (QED) is 0.687. The molecule has 0 N–H and O–H groups in total. The summed E-state index contributed by atoms with van der Waals surface area (Å²) >= 11 is 1.69. The van der Waals surface area contributed by atoms with Crippen LogP contribution in [0.15, 0.2) is 64.1 Å². The molecule has 1 aliphatic rings. The van der Waals surface area contributed by atoms with Crippen LogP contribution in [0.1, 0.15) is 11.3 Å². The lowest BCUT2D eigenvalue weighted by Crippen LogP contribution is -1.78. The van der Waals surface area contributed by atoms with Gasteiger partial charge in [-0.3, -0.25) is 0 Å². The maximum absolute atomic E-state index is 5.71. The summed E-state index contributed by atoms with van der Waals surface area (Å²) in [5, 5.41) is 2.09. The first-order valence-corrected chi connectivity index (χ1v) is 6.67. The van der Waals surface area contributed by atoms with E-state index in [1.54, 1.807) is 11.3 Å². The van der Waals surface area contributed by atoms with Crippen LogP contribution in [-0.4, -0.2) is 0 Å². The van der Waals surface area contributed by atoms with Gasteiger partial charge in [0.2, 0.25) is 0 Å². The summed E-state index contributed by atoms with van der Waals surface area (Å²) in [5.74, 6) is 1.87. The highest BCUT2D eigenvalue weighted by Gasteiger charge is 2.12. The number of allylic oxidation sites excluding steroid dienone is 5. The lowest BCUT2D eigenvalue weighted by Gasteiger charge is -2.00. The topological polar surface area (TPSA) is 13.1 Å². The van der Waals surface area contributed by atoms with Gasteiger partial charge in [-0.25, -0.2) is 0 Å². The fourth-order valence-electron chi connectivity index (χ4n) is 1.89. The molecule has 0 bridgehead atoms. The molecule has 0 saturated heterocycles. The highest BCUT2D eigenvalue weighted by molar-refractivity contribution is 7.13. The molecule has 0 saturated carbocycles. The van der Waals surface area contributed by atoms with Crippen LogP contribution in [0.4, 0.5) is 0 Å². The van der Waals surface area contributed by atoms with Gasteiger partial charge in [-0.2, -0.15) is 0 Å². The Hall–Kier alpha value is -2.02. The molecule has 2 heterocycles. The maximum atomic E-state index is 5.71. The molecule has 18 heavy (non-hydrogen) atoms. The second kappa shape index (κ2) is 4.69. The molecule has 88 valence electrons. The second-order valence-corrected chi connectivity index (χ2v) is 4.96. The van der Waals surface area contributed by atoms with E-state index >= 15 is 0 Å². The molecule has 1 aliphatic carbocycles. The summed E-state index contributed by atoms with van der Waals surface area (Å²) in [6.07, 6.45) is 10.0. The van der Waals surface area contributed by atoms with Crippen LogP contribution in [-0.2, 0) is 0 Å². The molecule has 0 aromatic carbocycles. The van der Waals surface area contributed by atoms with Crippen LogP contribution in [0.2, 0.25) is 0 Å². The number of rotatable bonds is 2. The van der Waals surface area contributed by atoms with Gasteiger partial charge in [0.25, 0.3) is 0 Å². The molecule has 2 aromatic heterocycles. The average molecular weight is 252 g/mol. The standard InChI is InChI=1S/C16H12OS/c1-12-8-9-15(17-12)16-14(10-11-18-16)13-6-4-2-3-5-7-13/h2-6,8-11H,1H3. The normalized spacial score (nSPS) is 13.7. The Bertz CT molecular complexity index is 688. The van der Waals surface area contributed by atoms with Crippen molar-refractivity contribution in [2.75, 3.05) is 0 Å². The van der Waals surface area contributed by atoms with Gasteiger partial charge in [-0.05, 0) is 42.7 Å². The zero-order chi connectivity index (χ0) is 12.4. The van der Waals surface area contributed by atoms with Crippen LogP contribution in [0.25, 0.3) is 16.2 Å². The van der Waals surface area contributed by atoms with Crippen molar-refractivity contribution in [3.8, 4) is 10.6 Å². The number of furan rings is 1. The SMILES string of the molecule is Cc1ccc(-c2sccc2C2=C=CC=CC=C2)o1. The molecule has 0 spiro atoms. The summed E-state index contributed by atoms with van der Waals surface area (Å²) in [5.41, 5.74) is 5.54. The first kappa shape index (κ1) is 11.1. The summed E-state index contributed by atoms with van der Waals surface area (Å²) < 4.78 is 5.71. The van der Waals surface area contributed by atoms with Crippen LogP contribution < -0.4 is 0 Å². The predicted octanol–water partition coefficient (Wildman–Crippen LogP) is 4.98. The van der Waals surface area contributed by atoms with Gasteiger partial charge in [-0.15, -0.1) is 17.1 Å². The van der Waals surface area contributed by atoms with Crippen LogP contribution in [0.3, 0.4) is 0 Å². The first-order chi connectivity index (χ1) is 8.84. The van der Waals surface area contributed by atoms with Crippen LogP contribution in [0.5, 0.6) is 0 Å². The molecular weight excluding hydrogens is 240 g/mol. The number of aryl methyl sites for hydroxylation is 1. The monoisotopic (exact) mass is 252 g/mol. The Morgan fingerprint density at radius 3 is 2.89 bits per heavy atom.